The fourth-order valence-corrected chi connectivity index (χ4v) is 4.82. The van der Waals surface area contributed by atoms with Crippen LogP contribution < -0.4 is 5.56 Å². The third-order valence-electron chi connectivity index (χ3n) is 4.42. The summed E-state index contributed by atoms with van der Waals surface area (Å²) in [6, 6.07) is 5.64. The molecule has 1 fully saturated rings. The summed E-state index contributed by atoms with van der Waals surface area (Å²) in [5, 5.41) is 0. The molecule has 130 valence electrons. The van der Waals surface area contributed by atoms with Crippen molar-refractivity contribution in [3.63, 3.8) is 0 Å². The quantitative estimate of drug-likeness (QED) is 0.697. The smallest absolute Gasteiger partial charge is 0.281 e. The standard InChI is InChI=1S/C16H15FN4O3S/c17-12-3-1-11(2-4-12)7-20-9-19-15-14(16(20)22)18-10-21(15)13-5-6-25(23,24)8-13/h1-4,9-10,13H,5-8H2. The Morgan fingerprint density at radius 1 is 1.16 bits per heavy atom. The molecule has 0 bridgehead atoms. The number of fused-ring (bicyclic) bond motifs is 1. The van der Waals surface area contributed by atoms with Gasteiger partial charge in [0.25, 0.3) is 5.56 Å². The van der Waals surface area contributed by atoms with E-state index in [1.807, 2.05) is 0 Å². The van der Waals surface area contributed by atoms with Gasteiger partial charge in [-0.2, -0.15) is 0 Å². The lowest BCUT2D eigenvalue weighted by Gasteiger charge is -2.10. The van der Waals surface area contributed by atoms with Crippen molar-refractivity contribution in [2.75, 3.05) is 11.5 Å². The Bertz CT molecular complexity index is 1100. The average molecular weight is 362 g/mol. The summed E-state index contributed by atoms with van der Waals surface area (Å²) in [6.45, 7) is 0.257. The van der Waals surface area contributed by atoms with Gasteiger partial charge in [0, 0.05) is 0 Å². The second-order valence-corrected chi connectivity index (χ2v) is 8.41. The Kier molecular flexibility index (Phi) is 3.68. The highest BCUT2D eigenvalue weighted by molar-refractivity contribution is 7.91. The minimum atomic E-state index is -3.04. The average Bonchev–Trinajstić information content (AvgIpc) is 3.15. The maximum atomic E-state index is 13.0. The minimum absolute atomic E-state index is 0.0405. The third-order valence-corrected chi connectivity index (χ3v) is 6.17. The zero-order valence-electron chi connectivity index (χ0n) is 13.2. The molecular formula is C16H15FN4O3S. The Hall–Kier alpha value is -2.55. The number of imidazole rings is 1. The van der Waals surface area contributed by atoms with Crippen LogP contribution in [-0.4, -0.2) is 39.0 Å². The monoisotopic (exact) mass is 362 g/mol. The second-order valence-electron chi connectivity index (χ2n) is 6.19. The van der Waals surface area contributed by atoms with E-state index in [0.29, 0.717) is 12.1 Å². The molecule has 7 nitrogen and oxygen atoms in total. The largest absolute Gasteiger partial charge is 0.311 e. The number of aromatic nitrogens is 4. The Labute approximate surface area is 142 Å². The lowest BCUT2D eigenvalue weighted by Crippen LogP contribution is -2.22. The molecule has 0 saturated carbocycles. The van der Waals surface area contributed by atoms with Crippen LogP contribution in [0.15, 0.2) is 41.7 Å². The highest BCUT2D eigenvalue weighted by atomic mass is 32.2. The van der Waals surface area contributed by atoms with Crippen molar-refractivity contribution in [3.05, 3.63) is 58.7 Å². The zero-order chi connectivity index (χ0) is 17.6. The van der Waals surface area contributed by atoms with Crippen LogP contribution in [0.4, 0.5) is 4.39 Å². The Morgan fingerprint density at radius 2 is 1.92 bits per heavy atom. The molecule has 1 aliphatic rings. The summed E-state index contributed by atoms with van der Waals surface area (Å²) in [6.07, 6.45) is 3.39. The number of rotatable bonds is 3. The van der Waals surface area contributed by atoms with E-state index in [1.165, 1.54) is 29.4 Å². The van der Waals surface area contributed by atoms with Gasteiger partial charge < -0.3 is 4.57 Å². The molecule has 3 aromatic rings. The molecule has 1 saturated heterocycles. The van der Waals surface area contributed by atoms with E-state index in [1.54, 1.807) is 16.7 Å². The van der Waals surface area contributed by atoms with Crippen molar-refractivity contribution in [1.82, 2.24) is 19.1 Å². The molecule has 1 aromatic carbocycles. The molecule has 0 spiro atoms. The van der Waals surface area contributed by atoms with Gasteiger partial charge in [-0.25, -0.2) is 22.8 Å². The van der Waals surface area contributed by atoms with Crippen LogP contribution in [0.25, 0.3) is 11.2 Å². The molecule has 1 unspecified atom stereocenters. The number of sulfone groups is 1. The molecule has 3 heterocycles. The lowest BCUT2D eigenvalue weighted by molar-refractivity contribution is 0.564. The molecule has 0 N–H and O–H groups in total. The van der Waals surface area contributed by atoms with Crippen molar-refractivity contribution in [2.24, 2.45) is 0 Å². The van der Waals surface area contributed by atoms with Crippen LogP contribution in [-0.2, 0) is 16.4 Å². The van der Waals surface area contributed by atoms with Gasteiger partial charge in [-0.15, -0.1) is 0 Å². The van der Waals surface area contributed by atoms with Gasteiger partial charge in [-0.05, 0) is 24.1 Å². The molecule has 0 aliphatic carbocycles. The molecule has 0 amide bonds. The van der Waals surface area contributed by atoms with Gasteiger partial charge in [-0.3, -0.25) is 9.36 Å². The van der Waals surface area contributed by atoms with Crippen LogP contribution in [0, 0.1) is 5.82 Å². The van der Waals surface area contributed by atoms with Crippen molar-refractivity contribution in [3.8, 4) is 0 Å². The number of nitrogens with zero attached hydrogens (tertiary/aromatic N) is 4. The lowest BCUT2D eigenvalue weighted by atomic mass is 10.2. The van der Waals surface area contributed by atoms with Crippen LogP contribution in [0.1, 0.15) is 18.0 Å². The highest BCUT2D eigenvalue weighted by Crippen LogP contribution is 2.25. The highest BCUT2D eigenvalue weighted by Gasteiger charge is 2.30. The van der Waals surface area contributed by atoms with Crippen molar-refractivity contribution >= 4 is 21.0 Å². The molecule has 9 heteroatoms. The summed E-state index contributed by atoms with van der Waals surface area (Å²) in [5.41, 5.74) is 1.05. The number of halogens is 1. The SMILES string of the molecule is O=c1c2ncn(C3CCS(=O)(=O)C3)c2ncn1Cc1ccc(F)cc1. The fraction of sp³-hybridized carbons (Fsp3) is 0.312. The van der Waals surface area contributed by atoms with E-state index in [0.717, 1.165) is 5.56 Å². The summed E-state index contributed by atoms with van der Waals surface area (Å²) in [7, 11) is -3.04. The summed E-state index contributed by atoms with van der Waals surface area (Å²) >= 11 is 0. The Balaban J connectivity index is 1.70. The summed E-state index contributed by atoms with van der Waals surface area (Å²) < 4.78 is 39.4. The Morgan fingerprint density at radius 3 is 2.60 bits per heavy atom. The van der Waals surface area contributed by atoms with Crippen LogP contribution in [0.5, 0.6) is 0 Å². The topological polar surface area (TPSA) is 86.8 Å². The predicted octanol–water partition coefficient (Wildman–Crippen LogP) is 1.14. The predicted molar refractivity (Wildman–Crippen MR) is 89.6 cm³/mol. The van der Waals surface area contributed by atoms with E-state index in [2.05, 4.69) is 9.97 Å². The molecule has 1 atom stereocenters. The van der Waals surface area contributed by atoms with Gasteiger partial charge in [0.05, 0.1) is 30.4 Å². The number of benzene rings is 1. The maximum absolute atomic E-state index is 13.0. The first-order valence-corrected chi connectivity index (χ1v) is 9.62. The van der Waals surface area contributed by atoms with Crippen molar-refractivity contribution in [2.45, 2.75) is 19.0 Å². The van der Waals surface area contributed by atoms with Crippen LogP contribution >= 0.6 is 0 Å². The normalized spacial score (nSPS) is 19.5. The van der Waals surface area contributed by atoms with Crippen molar-refractivity contribution in [1.29, 1.82) is 0 Å². The molecular weight excluding hydrogens is 347 g/mol. The first kappa shape index (κ1) is 15.9. The molecule has 4 rings (SSSR count). The van der Waals surface area contributed by atoms with E-state index in [9.17, 15) is 17.6 Å². The van der Waals surface area contributed by atoms with E-state index in [4.69, 9.17) is 0 Å². The molecule has 0 radical (unpaired) electrons. The zero-order valence-corrected chi connectivity index (χ0v) is 14.0. The van der Waals surface area contributed by atoms with Gasteiger partial charge in [0.15, 0.2) is 21.0 Å². The van der Waals surface area contributed by atoms with E-state index >= 15 is 0 Å². The molecule has 1 aliphatic heterocycles. The first-order chi connectivity index (χ1) is 11.9. The van der Waals surface area contributed by atoms with Crippen LogP contribution in [0.3, 0.4) is 0 Å². The van der Waals surface area contributed by atoms with E-state index < -0.39 is 9.84 Å². The van der Waals surface area contributed by atoms with Gasteiger partial charge in [-0.1, -0.05) is 12.1 Å². The first-order valence-electron chi connectivity index (χ1n) is 7.80. The molecule has 25 heavy (non-hydrogen) atoms. The van der Waals surface area contributed by atoms with E-state index in [-0.39, 0.29) is 41.0 Å². The summed E-state index contributed by atoms with van der Waals surface area (Å²) in [4.78, 5) is 21.1. The number of hydrogen-bond acceptors (Lipinski definition) is 5. The summed E-state index contributed by atoms with van der Waals surface area (Å²) in [5.74, 6) is -0.160. The van der Waals surface area contributed by atoms with Gasteiger partial charge in [0.2, 0.25) is 0 Å². The fourth-order valence-electron chi connectivity index (χ4n) is 3.11. The number of hydrogen-bond donors (Lipinski definition) is 0. The molecule has 2 aromatic heterocycles. The van der Waals surface area contributed by atoms with Crippen LogP contribution in [0.2, 0.25) is 0 Å². The van der Waals surface area contributed by atoms with Crippen molar-refractivity contribution < 1.29 is 12.8 Å². The maximum Gasteiger partial charge on any atom is 0.281 e. The van der Waals surface area contributed by atoms with Gasteiger partial charge >= 0.3 is 0 Å². The minimum Gasteiger partial charge on any atom is -0.311 e. The second kappa shape index (κ2) is 5.76. The third kappa shape index (κ3) is 2.95. The van der Waals surface area contributed by atoms with Gasteiger partial charge in [0.1, 0.15) is 12.1 Å².